The number of hydrogen-bond donors (Lipinski definition) is 1. The average molecular weight is 451 g/mol. The third-order valence-corrected chi connectivity index (χ3v) is 6.56. The van der Waals surface area contributed by atoms with E-state index in [0.717, 1.165) is 30.8 Å². The molecule has 0 radical (unpaired) electrons. The molecular weight excluding hydrogens is 412 g/mol. The fourth-order valence-electron chi connectivity index (χ4n) is 4.43. The van der Waals surface area contributed by atoms with Crippen LogP contribution < -0.4 is 10.2 Å². The molecule has 1 N–H and O–H groups in total. The van der Waals surface area contributed by atoms with Crippen LogP contribution in [0.25, 0.3) is 0 Å². The second-order valence-electron chi connectivity index (χ2n) is 9.02. The van der Waals surface area contributed by atoms with Gasteiger partial charge in [0, 0.05) is 38.1 Å². The van der Waals surface area contributed by atoms with Crippen molar-refractivity contribution in [3.05, 3.63) is 59.7 Å². The fraction of sp³-hybridized carbons (Fsp3) is 0.481. The summed E-state index contributed by atoms with van der Waals surface area (Å²) in [5, 5.41) is 2.95. The van der Waals surface area contributed by atoms with E-state index in [2.05, 4.69) is 46.3 Å². The van der Waals surface area contributed by atoms with Crippen LogP contribution in [0.4, 0.5) is 11.4 Å². The topological polar surface area (TPSA) is 55.9 Å². The highest BCUT2D eigenvalue weighted by molar-refractivity contribution is 5.95. The number of amides is 2. The molecule has 1 aliphatic heterocycles. The molecule has 1 saturated heterocycles. The summed E-state index contributed by atoms with van der Waals surface area (Å²) in [5.41, 5.74) is 4.40. The summed E-state index contributed by atoms with van der Waals surface area (Å²) in [6.45, 7) is 6.86. The van der Waals surface area contributed by atoms with E-state index in [1.165, 1.54) is 35.4 Å². The van der Waals surface area contributed by atoms with E-state index in [4.69, 9.17) is 0 Å². The van der Waals surface area contributed by atoms with Crippen molar-refractivity contribution in [3.63, 3.8) is 0 Å². The molecule has 0 bridgehead atoms. The first-order valence-electron chi connectivity index (χ1n) is 12.1. The highest BCUT2D eigenvalue weighted by atomic mass is 16.2. The lowest BCUT2D eigenvalue weighted by Gasteiger charge is -2.33. The number of piperidine rings is 1. The predicted molar refractivity (Wildman–Crippen MR) is 136 cm³/mol. The van der Waals surface area contributed by atoms with Crippen LogP contribution in [-0.4, -0.2) is 61.4 Å². The molecule has 1 fully saturated rings. The van der Waals surface area contributed by atoms with E-state index in [1.54, 1.807) is 7.05 Å². The zero-order valence-electron chi connectivity index (χ0n) is 20.5. The van der Waals surface area contributed by atoms with Crippen LogP contribution in [0.3, 0.4) is 0 Å². The van der Waals surface area contributed by atoms with Gasteiger partial charge >= 0.3 is 0 Å². The van der Waals surface area contributed by atoms with Crippen molar-refractivity contribution >= 4 is 23.2 Å². The Morgan fingerprint density at radius 2 is 1.61 bits per heavy atom. The summed E-state index contributed by atoms with van der Waals surface area (Å²) >= 11 is 0. The number of likely N-dealkylation sites (N-methyl/N-ethyl adjacent to an activating group) is 2. The Balaban J connectivity index is 1.58. The standard InChI is InChI=1S/C27H38N4O2/c1-5-22-13-7-9-15-24(22)28-26(32)20-30(4)27(33)21(2)29(3)19-23-14-8-10-16-25(23)31-17-11-6-12-18-31/h7-10,13-16,21H,5-6,11-12,17-20H2,1-4H3,(H,28,32). The van der Waals surface area contributed by atoms with Crippen molar-refractivity contribution in [2.45, 2.75) is 52.1 Å². The number of nitrogens with zero attached hydrogens (tertiary/aromatic N) is 3. The Morgan fingerprint density at radius 3 is 2.30 bits per heavy atom. The van der Waals surface area contributed by atoms with Gasteiger partial charge in [0.2, 0.25) is 11.8 Å². The highest BCUT2D eigenvalue weighted by Crippen LogP contribution is 2.25. The molecule has 1 aliphatic rings. The maximum Gasteiger partial charge on any atom is 0.243 e. The number of rotatable bonds is 9. The molecule has 6 nitrogen and oxygen atoms in total. The SMILES string of the molecule is CCc1ccccc1NC(=O)CN(C)C(=O)C(C)N(C)Cc1ccccc1N1CCCCC1. The predicted octanol–water partition coefficient (Wildman–Crippen LogP) is 4.16. The number of nitrogens with one attached hydrogen (secondary N) is 1. The Morgan fingerprint density at radius 1 is 0.970 bits per heavy atom. The molecule has 1 heterocycles. The number of hydrogen-bond acceptors (Lipinski definition) is 4. The fourth-order valence-corrected chi connectivity index (χ4v) is 4.43. The molecule has 0 aliphatic carbocycles. The Labute approximate surface area is 198 Å². The number of benzene rings is 2. The number of carbonyl (C=O) groups is 2. The molecule has 6 heteroatoms. The van der Waals surface area contributed by atoms with Crippen molar-refractivity contribution < 1.29 is 9.59 Å². The zero-order valence-corrected chi connectivity index (χ0v) is 20.5. The van der Waals surface area contributed by atoms with Crippen molar-refractivity contribution in [3.8, 4) is 0 Å². The highest BCUT2D eigenvalue weighted by Gasteiger charge is 2.24. The van der Waals surface area contributed by atoms with Gasteiger partial charge in [-0.15, -0.1) is 0 Å². The smallest absolute Gasteiger partial charge is 0.243 e. The van der Waals surface area contributed by atoms with Crippen molar-refractivity contribution in [2.75, 3.05) is 43.9 Å². The van der Waals surface area contributed by atoms with Gasteiger partial charge in [0.1, 0.15) is 0 Å². The Kier molecular flexibility index (Phi) is 8.89. The molecule has 3 rings (SSSR count). The molecule has 178 valence electrons. The summed E-state index contributed by atoms with van der Waals surface area (Å²) in [6.07, 6.45) is 4.60. The maximum absolute atomic E-state index is 13.1. The minimum absolute atomic E-state index is 0.0272. The van der Waals surface area contributed by atoms with Gasteiger partial charge in [-0.25, -0.2) is 0 Å². The molecule has 1 atom stereocenters. The summed E-state index contributed by atoms with van der Waals surface area (Å²) < 4.78 is 0. The average Bonchev–Trinajstić information content (AvgIpc) is 2.84. The van der Waals surface area contributed by atoms with E-state index in [-0.39, 0.29) is 24.4 Å². The Hall–Kier alpha value is -2.86. The number of carbonyl (C=O) groups excluding carboxylic acids is 2. The monoisotopic (exact) mass is 450 g/mol. The van der Waals surface area contributed by atoms with Gasteiger partial charge < -0.3 is 15.1 Å². The molecular formula is C27H38N4O2. The van der Waals surface area contributed by atoms with E-state index in [9.17, 15) is 9.59 Å². The third-order valence-electron chi connectivity index (χ3n) is 6.56. The van der Waals surface area contributed by atoms with Crippen LogP contribution in [-0.2, 0) is 22.6 Å². The lowest BCUT2D eigenvalue weighted by atomic mass is 10.1. The molecule has 0 aromatic heterocycles. The van der Waals surface area contributed by atoms with Gasteiger partial charge in [-0.2, -0.15) is 0 Å². The van der Waals surface area contributed by atoms with Crippen molar-refractivity contribution in [2.24, 2.45) is 0 Å². The van der Waals surface area contributed by atoms with Crippen LogP contribution in [0.1, 0.15) is 44.2 Å². The maximum atomic E-state index is 13.1. The van der Waals surface area contributed by atoms with Crippen molar-refractivity contribution in [1.82, 2.24) is 9.80 Å². The molecule has 2 aromatic rings. The molecule has 2 aromatic carbocycles. The van der Waals surface area contributed by atoms with Crippen LogP contribution in [0.5, 0.6) is 0 Å². The van der Waals surface area contributed by atoms with Gasteiger partial charge in [-0.05, 0) is 62.9 Å². The summed E-state index contributed by atoms with van der Waals surface area (Å²) in [5.74, 6) is -0.246. The molecule has 1 unspecified atom stereocenters. The number of aryl methyl sites for hydroxylation is 1. The lowest BCUT2D eigenvalue weighted by molar-refractivity contribution is -0.137. The van der Waals surface area contributed by atoms with Gasteiger partial charge in [-0.1, -0.05) is 43.3 Å². The first-order chi connectivity index (χ1) is 15.9. The van der Waals surface area contributed by atoms with Crippen LogP contribution in [0, 0.1) is 0 Å². The Bertz CT molecular complexity index is 939. The van der Waals surface area contributed by atoms with Crippen LogP contribution in [0.15, 0.2) is 48.5 Å². The van der Waals surface area contributed by atoms with E-state index < -0.39 is 0 Å². The van der Waals surface area contributed by atoms with Gasteiger partial charge in [0.05, 0.1) is 12.6 Å². The largest absolute Gasteiger partial charge is 0.371 e. The molecule has 0 saturated carbocycles. The second-order valence-corrected chi connectivity index (χ2v) is 9.02. The third kappa shape index (κ3) is 6.57. The normalized spacial score (nSPS) is 14.8. The van der Waals surface area contributed by atoms with E-state index >= 15 is 0 Å². The van der Waals surface area contributed by atoms with E-state index in [1.807, 2.05) is 38.2 Å². The molecule has 0 spiro atoms. The minimum Gasteiger partial charge on any atom is -0.371 e. The molecule has 2 amide bonds. The summed E-state index contributed by atoms with van der Waals surface area (Å²) in [4.78, 5) is 31.7. The van der Waals surface area contributed by atoms with E-state index in [0.29, 0.717) is 6.54 Å². The first kappa shape index (κ1) is 24.8. The second kappa shape index (κ2) is 11.8. The summed E-state index contributed by atoms with van der Waals surface area (Å²) in [7, 11) is 3.67. The minimum atomic E-state index is -0.333. The first-order valence-corrected chi connectivity index (χ1v) is 12.1. The van der Waals surface area contributed by atoms with Crippen molar-refractivity contribution in [1.29, 1.82) is 0 Å². The van der Waals surface area contributed by atoms with Gasteiger partial charge in [0.15, 0.2) is 0 Å². The van der Waals surface area contributed by atoms with Gasteiger partial charge in [0.25, 0.3) is 0 Å². The zero-order chi connectivity index (χ0) is 23.8. The lowest BCUT2D eigenvalue weighted by Crippen LogP contribution is -2.46. The molecule has 33 heavy (non-hydrogen) atoms. The number of para-hydroxylation sites is 2. The number of anilines is 2. The summed E-state index contributed by atoms with van der Waals surface area (Å²) in [6, 6.07) is 15.9. The quantitative estimate of drug-likeness (QED) is 0.623. The van der Waals surface area contributed by atoms with Crippen LogP contribution in [0.2, 0.25) is 0 Å². The van der Waals surface area contributed by atoms with Gasteiger partial charge in [-0.3, -0.25) is 14.5 Å². The van der Waals surface area contributed by atoms with Crippen LogP contribution >= 0.6 is 0 Å².